The molecule has 1 fully saturated rings. The minimum absolute atomic E-state index is 0.0555. The molecule has 1 saturated heterocycles. The smallest absolute Gasteiger partial charge is 0.249 e. The van der Waals surface area contributed by atoms with Crippen LogP contribution >= 0.6 is 11.8 Å². The molecule has 0 radical (unpaired) electrons. The Labute approximate surface area is 164 Å². The molecule has 27 heavy (non-hydrogen) atoms. The second kappa shape index (κ2) is 7.69. The highest BCUT2D eigenvalue weighted by molar-refractivity contribution is 8.02. The first-order valence-electron chi connectivity index (χ1n) is 8.74. The molecule has 2 aromatic rings. The van der Waals surface area contributed by atoms with Crippen molar-refractivity contribution in [2.75, 3.05) is 12.3 Å². The number of furan rings is 1. The van der Waals surface area contributed by atoms with Crippen LogP contribution in [0.15, 0.2) is 52.0 Å². The highest BCUT2D eigenvalue weighted by Crippen LogP contribution is 2.31. The molecule has 8 heteroatoms. The number of hydrogen-bond donors (Lipinski definition) is 1. The van der Waals surface area contributed by atoms with Gasteiger partial charge in [-0.3, -0.25) is 4.79 Å². The second-order valence-electron chi connectivity index (χ2n) is 7.41. The molecule has 2 heterocycles. The van der Waals surface area contributed by atoms with Gasteiger partial charge in [-0.05, 0) is 35.2 Å². The van der Waals surface area contributed by atoms with Gasteiger partial charge in [-0.15, -0.1) is 11.8 Å². The molecule has 1 aromatic carbocycles. The SMILES string of the molecule is CC(C)(C)c1ccc(S(=O)(=O)N2CCSC2C(=O)NCc2ccco2)cc1. The van der Waals surface area contributed by atoms with Gasteiger partial charge in [-0.2, -0.15) is 4.31 Å². The van der Waals surface area contributed by atoms with Crippen molar-refractivity contribution in [3.8, 4) is 0 Å². The lowest BCUT2D eigenvalue weighted by molar-refractivity contribution is -0.122. The fourth-order valence-electron chi connectivity index (χ4n) is 2.84. The molecule has 1 N–H and O–H groups in total. The molecule has 1 amide bonds. The average Bonchev–Trinajstić information content (AvgIpc) is 3.31. The second-order valence-corrected chi connectivity index (χ2v) is 10.5. The van der Waals surface area contributed by atoms with Crippen LogP contribution in [0, 0.1) is 0 Å². The molecule has 0 spiro atoms. The molecule has 6 nitrogen and oxygen atoms in total. The molecule has 146 valence electrons. The van der Waals surface area contributed by atoms with Crippen LogP contribution < -0.4 is 5.32 Å². The van der Waals surface area contributed by atoms with Gasteiger partial charge in [0.05, 0.1) is 17.7 Å². The average molecular weight is 409 g/mol. The van der Waals surface area contributed by atoms with E-state index in [0.717, 1.165) is 5.56 Å². The van der Waals surface area contributed by atoms with Gasteiger partial charge < -0.3 is 9.73 Å². The van der Waals surface area contributed by atoms with Gasteiger partial charge in [-0.25, -0.2) is 8.42 Å². The maximum Gasteiger partial charge on any atom is 0.249 e. The summed E-state index contributed by atoms with van der Waals surface area (Å²) in [5.74, 6) is 0.875. The standard InChI is InChI=1S/C19H24N2O4S2/c1-19(2,3)14-6-8-16(9-7-14)27(23,24)21-10-12-26-18(21)17(22)20-13-15-5-4-11-25-15/h4-9,11,18H,10,12-13H2,1-3H3,(H,20,22). The minimum atomic E-state index is -3.74. The summed E-state index contributed by atoms with van der Waals surface area (Å²) in [4.78, 5) is 12.7. The number of thioether (sulfide) groups is 1. The van der Waals surface area contributed by atoms with E-state index in [-0.39, 0.29) is 22.8 Å². The van der Waals surface area contributed by atoms with Crippen LogP contribution in [0.2, 0.25) is 0 Å². The Bertz CT molecular complexity index is 885. The molecule has 1 unspecified atom stereocenters. The van der Waals surface area contributed by atoms with Crippen molar-refractivity contribution in [1.82, 2.24) is 9.62 Å². The van der Waals surface area contributed by atoms with Crippen molar-refractivity contribution in [2.45, 2.75) is 43.0 Å². The van der Waals surface area contributed by atoms with E-state index in [4.69, 9.17) is 4.42 Å². The Morgan fingerprint density at radius 3 is 2.56 bits per heavy atom. The Balaban J connectivity index is 1.75. The lowest BCUT2D eigenvalue weighted by atomic mass is 9.87. The molecule has 1 aliphatic rings. The summed E-state index contributed by atoms with van der Waals surface area (Å²) in [7, 11) is -3.74. The summed E-state index contributed by atoms with van der Waals surface area (Å²) in [6.07, 6.45) is 1.53. The number of hydrogen-bond acceptors (Lipinski definition) is 5. The Morgan fingerprint density at radius 1 is 1.26 bits per heavy atom. The molecule has 1 aromatic heterocycles. The fraction of sp³-hybridized carbons (Fsp3) is 0.421. The quantitative estimate of drug-likeness (QED) is 0.823. The first-order valence-corrected chi connectivity index (χ1v) is 11.2. The number of benzene rings is 1. The lowest BCUT2D eigenvalue weighted by Gasteiger charge is -2.23. The van der Waals surface area contributed by atoms with Crippen LogP contribution in [0.5, 0.6) is 0 Å². The first-order chi connectivity index (χ1) is 12.7. The molecule has 1 aliphatic heterocycles. The van der Waals surface area contributed by atoms with Gasteiger partial charge in [0.1, 0.15) is 11.1 Å². The van der Waals surface area contributed by atoms with Gasteiger partial charge in [0.2, 0.25) is 15.9 Å². The van der Waals surface area contributed by atoms with Crippen molar-refractivity contribution in [2.24, 2.45) is 0 Å². The van der Waals surface area contributed by atoms with Crippen molar-refractivity contribution in [1.29, 1.82) is 0 Å². The van der Waals surface area contributed by atoms with Crippen molar-refractivity contribution < 1.29 is 17.6 Å². The topological polar surface area (TPSA) is 79.6 Å². The van der Waals surface area contributed by atoms with E-state index in [0.29, 0.717) is 18.1 Å². The largest absolute Gasteiger partial charge is 0.467 e. The maximum atomic E-state index is 13.1. The van der Waals surface area contributed by atoms with Gasteiger partial charge in [-0.1, -0.05) is 32.9 Å². The third-order valence-electron chi connectivity index (χ3n) is 4.42. The van der Waals surface area contributed by atoms with E-state index < -0.39 is 15.4 Å². The van der Waals surface area contributed by atoms with Crippen LogP contribution in [0.3, 0.4) is 0 Å². The Kier molecular flexibility index (Phi) is 5.69. The maximum absolute atomic E-state index is 13.1. The van der Waals surface area contributed by atoms with Crippen molar-refractivity contribution in [3.63, 3.8) is 0 Å². The third kappa shape index (κ3) is 4.39. The number of nitrogens with zero attached hydrogens (tertiary/aromatic N) is 1. The summed E-state index contributed by atoms with van der Waals surface area (Å²) in [6.45, 7) is 6.77. The molecular formula is C19H24N2O4S2. The van der Waals surface area contributed by atoms with Crippen molar-refractivity contribution in [3.05, 3.63) is 54.0 Å². The molecule has 0 aliphatic carbocycles. The van der Waals surface area contributed by atoms with E-state index in [2.05, 4.69) is 26.1 Å². The number of carbonyl (C=O) groups excluding carboxylic acids is 1. The summed E-state index contributed by atoms with van der Waals surface area (Å²) < 4.78 is 32.6. The van der Waals surface area contributed by atoms with E-state index >= 15 is 0 Å². The zero-order chi connectivity index (χ0) is 19.7. The summed E-state index contributed by atoms with van der Waals surface area (Å²) in [5, 5.41) is 1.98. The number of amides is 1. The predicted octanol–water partition coefficient (Wildman–Crippen LogP) is 2.96. The minimum Gasteiger partial charge on any atom is -0.467 e. The third-order valence-corrected chi connectivity index (χ3v) is 7.63. The highest BCUT2D eigenvalue weighted by Gasteiger charge is 2.40. The van der Waals surface area contributed by atoms with E-state index in [1.807, 2.05) is 12.1 Å². The molecule has 1 atom stereocenters. The number of rotatable bonds is 5. The Hall–Kier alpha value is -1.77. The zero-order valence-corrected chi connectivity index (χ0v) is 17.3. The van der Waals surface area contributed by atoms with Crippen LogP contribution in [-0.4, -0.2) is 36.3 Å². The van der Waals surface area contributed by atoms with E-state index in [9.17, 15) is 13.2 Å². The number of nitrogens with one attached hydrogen (secondary N) is 1. The summed E-state index contributed by atoms with van der Waals surface area (Å²) in [6, 6.07) is 10.4. The molecule has 3 rings (SSSR count). The highest BCUT2D eigenvalue weighted by atomic mass is 32.2. The summed E-state index contributed by atoms with van der Waals surface area (Å²) >= 11 is 1.33. The van der Waals surface area contributed by atoms with Crippen LogP contribution in [-0.2, 0) is 26.8 Å². The van der Waals surface area contributed by atoms with Crippen LogP contribution in [0.4, 0.5) is 0 Å². The molecular weight excluding hydrogens is 384 g/mol. The van der Waals surface area contributed by atoms with Gasteiger partial charge in [0.25, 0.3) is 0 Å². The fourth-order valence-corrected chi connectivity index (χ4v) is 5.94. The molecule has 0 bridgehead atoms. The predicted molar refractivity (Wildman–Crippen MR) is 106 cm³/mol. The summed E-state index contributed by atoms with van der Waals surface area (Å²) in [5.41, 5.74) is 1.00. The number of sulfonamides is 1. The first kappa shape index (κ1) is 20.0. The monoisotopic (exact) mass is 408 g/mol. The van der Waals surface area contributed by atoms with E-state index in [1.165, 1.54) is 22.3 Å². The van der Waals surface area contributed by atoms with Crippen molar-refractivity contribution >= 4 is 27.7 Å². The zero-order valence-electron chi connectivity index (χ0n) is 15.6. The lowest BCUT2D eigenvalue weighted by Crippen LogP contribution is -2.44. The van der Waals surface area contributed by atoms with Gasteiger partial charge in [0, 0.05) is 12.3 Å². The van der Waals surface area contributed by atoms with Gasteiger partial charge >= 0.3 is 0 Å². The number of carbonyl (C=O) groups is 1. The van der Waals surface area contributed by atoms with Crippen LogP contribution in [0.25, 0.3) is 0 Å². The van der Waals surface area contributed by atoms with Crippen LogP contribution in [0.1, 0.15) is 32.1 Å². The van der Waals surface area contributed by atoms with E-state index in [1.54, 1.807) is 24.3 Å². The van der Waals surface area contributed by atoms with Gasteiger partial charge in [0.15, 0.2) is 0 Å². The Morgan fingerprint density at radius 2 is 1.96 bits per heavy atom. The molecule has 0 saturated carbocycles. The normalized spacial score (nSPS) is 18.6.